The van der Waals surface area contributed by atoms with E-state index in [2.05, 4.69) is 0 Å². The first-order chi connectivity index (χ1) is 11.6. The molecule has 1 aliphatic carbocycles. The zero-order chi connectivity index (χ0) is 17.2. The van der Waals surface area contributed by atoms with Gasteiger partial charge in [-0.05, 0) is 43.4 Å². The lowest BCUT2D eigenvalue weighted by atomic mass is 9.58. The average Bonchev–Trinajstić information content (AvgIpc) is 2.64. The number of carbonyl (C=O) groups is 1. The minimum absolute atomic E-state index is 0.0748. The number of aliphatic hydroxyl groups is 1. The summed E-state index contributed by atoms with van der Waals surface area (Å²) >= 11 is 1.67. The van der Waals surface area contributed by atoms with E-state index < -0.39 is 0 Å². The van der Waals surface area contributed by atoms with Crippen molar-refractivity contribution in [3.63, 3.8) is 0 Å². The summed E-state index contributed by atoms with van der Waals surface area (Å²) in [7, 11) is 0. The van der Waals surface area contributed by atoms with Gasteiger partial charge in [0.1, 0.15) is 0 Å². The molecule has 5 nitrogen and oxygen atoms in total. The number of nitrogens with two attached hydrogens (primary N) is 1. The third-order valence-electron chi connectivity index (χ3n) is 5.50. The van der Waals surface area contributed by atoms with Gasteiger partial charge in [-0.15, -0.1) is 11.8 Å². The van der Waals surface area contributed by atoms with E-state index in [1.165, 1.54) is 0 Å². The maximum Gasteiger partial charge on any atom is 0.253 e. The van der Waals surface area contributed by atoms with Crippen LogP contribution in [-0.4, -0.2) is 60.6 Å². The van der Waals surface area contributed by atoms with Crippen LogP contribution in [0.25, 0.3) is 0 Å². The van der Waals surface area contributed by atoms with Crippen molar-refractivity contribution in [3.8, 4) is 0 Å². The molecule has 2 atom stereocenters. The molecule has 1 aromatic rings. The molecule has 1 heterocycles. The Bertz CT molecular complexity index is 570. The molecule has 3 rings (SSSR count). The number of thioether (sulfide) groups is 1. The molecule has 1 aliphatic heterocycles. The van der Waals surface area contributed by atoms with Gasteiger partial charge in [-0.3, -0.25) is 4.79 Å². The Labute approximate surface area is 147 Å². The van der Waals surface area contributed by atoms with E-state index >= 15 is 0 Å². The third kappa shape index (κ3) is 3.20. The number of benzene rings is 1. The van der Waals surface area contributed by atoms with Gasteiger partial charge in [-0.2, -0.15) is 0 Å². The molecule has 2 fully saturated rings. The summed E-state index contributed by atoms with van der Waals surface area (Å²) in [6.07, 6.45) is 4.04. The van der Waals surface area contributed by atoms with Gasteiger partial charge in [0.15, 0.2) is 0 Å². The predicted molar refractivity (Wildman–Crippen MR) is 95.2 cm³/mol. The number of aliphatic hydroxyl groups excluding tert-OH is 1. The van der Waals surface area contributed by atoms with Gasteiger partial charge in [-0.1, -0.05) is 0 Å². The second kappa shape index (κ2) is 7.44. The minimum Gasteiger partial charge on any atom is -0.392 e. The third-order valence-corrected chi connectivity index (χ3v) is 6.24. The normalized spacial score (nSPS) is 25.5. The Hall–Kier alpha value is -1.08. The van der Waals surface area contributed by atoms with Gasteiger partial charge < -0.3 is 20.5 Å². The highest BCUT2D eigenvalue weighted by Crippen LogP contribution is 2.51. The van der Waals surface area contributed by atoms with E-state index in [4.69, 9.17) is 10.5 Å². The molecule has 0 aromatic heterocycles. The van der Waals surface area contributed by atoms with Crippen molar-refractivity contribution < 1.29 is 14.6 Å². The molecular weight excluding hydrogens is 324 g/mol. The lowest BCUT2D eigenvalue weighted by Crippen LogP contribution is -2.62. The summed E-state index contributed by atoms with van der Waals surface area (Å²) in [4.78, 5) is 15.7. The molecular formula is C18H26N2O3S. The van der Waals surface area contributed by atoms with Crippen LogP contribution < -0.4 is 5.73 Å². The fourth-order valence-electron chi connectivity index (χ4n) is 3.87. The van der Waals surface area contributed by atoms with Crippen LogP contribution in [0, 0.1) is 5.41 Å². The van der Waals surface area contributed by atoms with E-state index in [0.29, 0.717) is 32.7 Å². The minimum atomic E-state index is -0.321. The van der Waals surface area contributed by atoms with Crippen LogP contribution >= 0.6 is 11.8 Å². The molecule has 1 aromatic carbocycles. The Morgan fingerprint density at radius 1 is 1.38 bits per heavy atom. The fourth-order valence-corrected chi connectivity index (χ4v) is 4.28. The monoisotopic (exact) mass is 350 g/mol. The van der Waals surface area contributed by atoms with Gasteiger partial charge in [-0.25, -0.2) is 0 Å². The highest BCUT2D eigenvalue weighted by Gasteiger charge is 2.56. The summed E-state index contributed by atoms with van der Waals surface area (Å²) in [5.41, 5.74) is 6.06. The number of piperidine rings is 1. The topological polar surface area (TPSA) is 75.8 Å². The fraction of sp³-hybridized carbons (Fsp3) is 0.611. The molecule has 1 saturated carbocycles. The number of nitrogens with zero attached hydrogens (tertiary/aromatic N) is 1. The van der Waals surface area contributed by atoms with Gasteiger partial charge in [0, 0.05) is 41.9 Å². The summed E-state index contributed by atoms with van der Waals surface area (Å²) in [5, 5.41) is 10.3. The molecule has 6 heteroatoms. The van der Waals surface area contributed by atoms with Crippen LogP contribution in [0.2, 0.25) is 0 Å². The number of amides is 1. The first-order valence-corrected chi connectivity index (χ1v) is 9.76. The standard InChI is InChI=1S/C18H26N2O3S/c1-24-14-4-2-13(3-5-14)17(22)20-9-6-18(7-10-20)15(21)12-16(18)23-11-8-19/h2-5,15-16,21H,6-12,19H2,1H3/t15-,16+/m1/s1. The molecule has 24 heavy (non-hydrogen) atoms. The maximum atomic E-state index is 12.7. The van der Waals surface area contributed by atoms with Crippen molar-refractivity contribution in [1.82, 2.24) is 4.90 Å². The van der Waals surface area contributed by atoms with Crippen LogP contribution in [0.3, 0.4) is 0 Å². The predicted octanol–water partition coefficient (Wildman–Crippen LogP) is 1.74. The molecule has 1 amide bonds. The van der Waals surface area contributed by atoms with Crippen LogP contribution in [-0.2, 0) is 4.74 Å². The van der Waals surface area contributed by atoms with E-state index in [1.54, 1.807) is 11.8 Å². The lowest BCUT2D eigenvalue weighted by molar-refractivity contribution is -0.207. The van der Waals surface area contributed by atoms with Gasteiger partial charge >= 0.3 is 0 Å². The lowest BCUT2D eigenvalue weighted by Gasteiger charge is -2.56. The molecule has 0 bridgehead atoms. The Kier molecular flexibility index (Phi) is 5.49. The summed E-state index contributed by atoms with van der Waals surface area (Å²) in [6, 6.07) is 7.75. The largest absolute Gasteiger partial charge is 0.392 e. The number of ether oxygens (including phenoxy) is 1. The van der Waals surface area contributed by atoms with Crippen LogP contribution in [0.15, 0.2) is 29.2 Å². The van der Waals surface area contributed by atoms with Gasteiger partial charge in [0.2, 0.25) is 0 Å². The number of rotatable bonds is 5. The van der Waals surface area contributed by atoms with E-state index in [1.807, 2.05) is 35.4 Å². The zero-order valence-corrected chi connectivity index (χ0v) is 14.9. The second-order valence-electron chi connectivity index (χ2n) is 6.65. The number of hydrogen-bond donors (Lipinski definition) is 2. The van der Waals surface area contributed by atoms with Gasteiger partial charge in [0.25, 0.3) is 5.91 Å². The molecule has 3 N–H and O–H groups in total. The van der Waals surface area contributed by atoms with Crippen LogP contribution in [0.5, 0.6) is 0 Å². The molecule has 2 aliphatic rings. The summed E-state index contributed by atoms with van der Waals surface area (Å²) in [6.45, 7) is 2.37. The SMILES string of the molecule is CSc1ccc(C(=O)N2CCC3(CC2)[C@H](O)C[C@@H]3OCCN)cc1. The van der Waals surface area contributed by atoms with Crippen molar-refractivity contribution in [2.45, 2.75) is 36.4 Å². The van der Waals surface area contributed by atoms with Crippen LogP contribution in [0.4, 0.5) is 0 Å². The molecule has 132 valence electrons. The van der Waals surface area contributed by atoms with Crippen molar-refractivity contribution in [1.29, 1.82) is 0 Å². The van der Waals surface area contributed by atoms with Crippen molar-refractivity contribution >= 4 is 17.7 Å². The van der Waals surface area contributed by atoms with Crippen molar-refractivity contribution in [2.24, 2.45) is 11.1 Å². The molecule has 0 unspecified atom stereocenters. The Balaban J connectivity index is 1.60. The summed E-state index contributed by atoms with van der Waals surface area (Å²) < 4.78 is 5.81. The van der Waals surface area contributed by atoms with E-state index in [9.17, 15) is 9.90 Å². The first kappa shape index (κ1) is 17.7. The van der Waals surface area contributed by atoms with E-state index in [-0.39, 0.29) is 23.5 Å². The molecule has 0 radical (unpaired) electrons. The maximum absolute atomic E-state index is 12.7. The van der Waals surface area contributed by atoms with E-state index in [0.717, 1.165) is 23.3 Å². The Morgan fingerprint density at radius 3 is 2.58 bits per heavy atom. The number of hydrogen-bond acceptors (Lipinski definition) is 5. The second-order valence-corrected chi connectivity index (χ2v) is 7.53. The quantitative estimate of drug-likeness (QED) is 0.791. The molecule has 1 saturated heterocycles. The first-order valence-electron chi connectivity index (χ1n) is 8.54. The highest BCUT2D eigenvalue weighted by atomic mass is 32.2. The van der Waals surface area contributed by atoms with Crippen LogP contribution in [0.1, 0.15) is 29.6 Å². The number of likely N-dealkylation sites (tertiary alicyclic amines) is 1. The summed E-state index contributed by atoms with van der Waals surface area (Å²) in [5.74, 6) is 0.0748. The van der Waals surface area contributed by atoms with Gasteiger partial charge in [0.05, 0.1) is 18.8 Å². The van der Waals surface area contributed by atoms with Crippen molar-refractivity contribution in [2.75, 3.05) is 32.5 Å². The zero-order valence-electron chi connectivity index (χ0n) is 14.1. The average molecular weight is 350 g/mol. The number of carbonyl (C=O) groups excluding carboxylic acids is 1. The molecule has 1 spiro atoms. The smallest absolute Gasteiger partial charge is 0.253 e. The van der Waals surface area contributed by atoms with Crippen molar-refractivity contribution in [3.05, 3.63) is 29.8 Å². The Morgan fingerprint density at radius 2 is 2.04 bits per heavy atom. The highest BCUT2D eigenvalue weighted by molar-refractivity contribution is 7.98.